The molecule has 0 saturated heterocycles. The van der Waals surface area contributed by atoms with E-state index in [4.69, 9.17) is 5.11 Å². The van der Waals surface area contributed by atoms with Gasteiger partial charge in [-0.05, 0) is 20.5 Å². The van der Waals surface area contributed by atoms with Gasteiger partial charge < -0.3 is 15.7 Å². The molecule has 0 amide bonds. The Morgan fingerprint density at radius 2 is 2.10 bits per heavy atom. The summed E-state index contributed by atoms with van der Waals surface area (Å²) in [6.45, 7) is 5.24. The van der Waals surface area contributed by atoms with Crippen LogP contribution in [-0.2, 0) is 0 Å². The zero-order chi connectivity index (χ0) is 7.98. The Morgan fingerprint density at radius 1 is 1.50 bits per heavy atom. The summed E-state index contributed by atoms with van der Waals surface area (Å²) in [5.74, 6) is 0. The molecule has 0 aliphatic carbocycles. The van der Waals surface area contributed by atoms with Crippen molar-refractivity contribution >= 4 is 0 Å². The second kappa shape index (κ2) is 5.65. The lowest BCUT2D eigenvalue weighted by Crippen LogP contribution is -2.46. The van der Waals surface area contributed by atoms with Gasteiger partial charge in [-0.25, -0.2) is 0 Å². The van der Waals surface area contributed by atoms with Gasteiger partial charge in [-0.2, -0.15) is 0 Å². The number of aliphatic hydroxyl groups excluding tert-OH is 1. The van der Waals surface area contributed by atoms with Crippen molar-refractivity contribution in [1.82, 2.24) is 10.6 Å². The van der Waals surface area contributed by atoms with Crippen molar-refractivity contribution in [2.24, 2.45) is 0 Å². The molecule has 0 aromatic heterocycles. The summed E-state index contributed by atoms with van der Waals surface area (Å²) in [5.41, 5.74) is 0. The summed E-state index contributed by atoms with van der Waals surface area (Å²) in [4.78, 5) is 0. The van der Waals surface area contributed by atoms with Crippen LogP contribution >= 0.6 is 0 Å². The van der Waals surface area contributed by atoms with Crippen LogP contribution in [0.4, 0.5) is 0 Å². The monoisotopic (exact) mass is 146 g/mol. The lowest BCUT2D eigenvalue weighted by molar-refractivity contribution is 0.222. The first-order chi connectivity index (χ1) is 4.76. The fourth-order valence-corrected chi connectivity index (χ4v) is 0.964. The van der Waals surface area contributed by atoms with Crippen LogP contribution in [0.5, 0.6) is 0 Å². The summed E-state index contributed by atoms with van der Waals surface area (Å²) in [6.07, 6.45) is 0. The third-order valence-electron chi connectivity index (χ3n) is 1.70. The molecule has 0 rings (SSSR count). The standard InChI is InChI=1S/C7H18N2O/c1-4-9-6(2)7(5-10)8-3/h6-10H,4-5H2,1-3H3. The largest absolute Gasteiger partial charge is 0.395 e. The van der Waals surface area contributed by atoms with E-state index in [1.165, 1.54) is 0 Å². The first-order valence-corrected chi connectivity index (χ1v) is 3.77. The van der Waals surface area contributed by atoms with Crippen molar-refractivity contribution in [3.05, 3.63) is 0 Å². The maximum Gasteiger partial charge on any atom is 0.0599 e. The van der Waals surface area contributed by atoms with E-state index in [0.717, 1.165) is 6.54 Å². The SMILES string of the molecule is CCNC(C)C(CO)NC. The van der Waals surface area contributed by atoms with Gasteiger partial charge >= 0.3 is 0 Å². The van der Waals surface area contributed by atoms with E-state index in [-0.39, 0.29) is 12.6 Å². The van der Waals surface area contributed by atoms with Crippen LogP contribution in [0.1, 0.15) is 13.8 Å². The summed E-state index contributed by atoms with van der Waals surface area (Å²) in [6, 6.07) is 0.500. The molecule has 0 saturated carbocycles. The molecule has 0 aromatic rings. The molecular weight excluding hydrogens is 128 g/mol. The summed E-state index contributed by atoms with van der Waals surface area (Å²) < 4.78 is 0. The maximum atomic E-state index is 8.82. The van der Waals surface area contributed by atoms with Crippen molar-refractivity contribution in [2.45, 2.75) is 25.9 Å². The molecule has 0 heterocycles. The smallest absolute Gasteiger partial charge is 0.0599 e. The quantitative estimate of drug-likeness (QED) is 0.493. The molecular formula is C7H18N2O. The molecule has 3 heteroatoms. The van der Waals surface area contributed by atoms with Gasteiger partial charge in [0.25, 0.3) is 0 Å². The maximum absolute atomic E-state index is 8.82. The minimum absolute atomic E-state index is 0.167. The number of hydrogen-bond donors (Lipinski definition) is 3. The lowest BCUT2D eigenvalue weighted by Gasteiger charge is -2.21. The molecule has 0 aromatic carbocycles. The van der Waals surface area contributed by atoms with Crippen LogP contribution in [0.25, 0.3) is 0 Å². The van der Waals surface area contributed by atoms with Gasteiger partial charge in [0, 0.05) is 12.1 Å². The van der Waals surface area contributed by atoms with Crippen LogP contribution in [0.2, 0.25) is 0 Å². The van der Waals surface area contributed by atoms with Crippen LogP contribution in [0, 0.1) is 0 Å². The van der Waals surface area contributed by atoms with E-state index in [0.29, 0.717) is 6.04 Å². The molecule has 2 unspecified atom stereocenters. The number of nitrogens with one attached hydrogen (secondary N) is 2. The normalized spacial score (nSPS) is 16.8. The average molecular weight is 146 g/mol. The molecule has 0 spiro atoms. The van der Waals surface area contributed by atoms with Gasteiger partial charge in [0.05, 0.1) is 6.61 Å². The Labute approximate surface area is 62.8 Å². The van der Waals surface area contributed by atoms with Gasteiger partial charge in [-0.3, -0.25) is 0 Å². The predicted molar refractivity (Wildman–Crippen MR) is 43.1 cm³/mol. The molecule has 0 aliphatic heterocycles. The van der Waals surface area contributed by atoms with E-state index in [2.05, 4.69) is 24.5 Å². The second-order valence-corrected chi connectivity index (χ2v) is 2.42. The summed E-state index contributed by atoms with van der Waals surface area (Å²) >= 11 is 0. The Hall–Kier alpha value is -0.120. The number of hydrogen-bond acceptors (Lipinski definition) is 3. The van der Waals surface area contributed by atoms with Gasteiger partial charge in [-0.1, -0.05) is 6.92 Å². The molecule has 3 N–H and O–H groups in total. The van der Waals surface area contributed by atoms with E-state index in [1.54, 1.807) is 0 Å². The minimum atomic E-state index is 0.167. The lowest BCUT2D eigenvalue weighted by atomic mass is 10.1. The highest BCUT2D eigenvalue weighted by Gasteiger charge is 2.11. The molecule has 0 fully saturated rings. The molecule has 0 aliphatic rings. The van der Waals surface area contributed by atoms with Crippen molar-refractivity contribution in [1.29, 1.82) is 0 Å². The third kappa shape index (κ3) is 3.15. The first-order valence-electron chi connectivity index (χ1n) is 3.77. The zero-order valence-electron chi connectivity index (χ0n) is 7.02. The number of likely N-dealkylation sites (N-methyl/N-ethyl adjacent to an activating group) is 2. The van der Waals surface area contributed by atoms with E-state index < -0.39 is 0 Å². The minimum Gasteiger partial charge on any atom is -0.395 e. The van der Waals surface area contributed by atoms with Crippen molar-refractivity contribution in [3.63, 3.8) is 0 Å². The predicted octanol–water partition coefficient (Wildman–Crippen LogP) is -0.435. The van der Waals surface area contributed by atoms with Crippen molar-refractivity contribution in [3.8, 4) is 0 Å². The average Bonchev–Trinajstić information content (AvgIpc) is 1.91. The van der Waals surface area contributed by atoms with E-state index in [1.807, 2.05) is 7.05 Å². The zero-order valence-corrected chi connectivity index (χ0v) is 7.02. The topological polar surface area (TPSA) is 44.3 Å². The van der Waals surface area contributed by atoms with Gasteiger partial charge in [-0.15, -0.1) is 0 Å². The highest BCUT2D eigenvalue weighted by Crippen LogP contribution is 1.89. The Morgan fingerprint density at radius 3 is 2.40 bits per heavy atom. The Bertz CT molecular complexity index is 74.0. The molecule has 3 nitrogen and oxygen atoms in total. The van der Waals surface area contributed by atoms with Crippen LogP contribution in [0.15, 0.2) is 0 Å². The third-order valence-corrected chi connectivity index (χ3v) is 1.70. The molecule has 10 heavy (non-hydrogen) atoms. The molecule has 62 valence electrons. The molecule has 2 atom stereocenters. The fourth-order valence-electron chi connectivity index (χ4n) is 0.964. The highest BCUT2D eigenvalue weighted by molar-refractivity contribution is 4.75. The van der Waals surface area contributed by atoms with Crippen molar-refractivity contribution in [2.75, 3.05) is 20.2 Å². The number of aliphatic hydroxyl groups is 1. The van der Waals surface area contributed by atoms with Gasteiger partial charge in [0.1, 0.15) is 0 Å². The van der Waals surface area contributed by atoms with Gasteiger partial charge in [0.15, 0.2) is 0 Å². The van der Waals surface area contributed by atoms with E-state index in [9.17, 15) is 0 Å². The number of rotatable bonds is 5. The summed E-state index contributed by atoms with van der Waals surface area (Å²) in [5, 5.41) is 15.1. The van der Waals surface area contributed by atoms with Crippen LogP contribution in [0.3, 0.4) is 0 Å². The fraction of sp³-hybridized carbons (Fsp3) is 1.00. The van der Waals surface area contributed by atoms with Gasteiger partial charge in [0.2, 0.25) is 0 Å². The van der Waals surface area contributed by atoms with Crippen molar-refractivity contribution < 1.29 is 5.11 Å². The summed E-state index contributed by atoms with van der Waals surface area (Å²) in [7, 11) is 1.86. The first kappa shape index (κ1) is 9.88. The van der Waals surface area contributed by atoms with Crippen LogP contribution < -0.4 is 10.6 Å². The Kier molecular flexibility index (Phi) is 5.58. The second-order valence-electron chi connectivity index (χ2n) is 2.42. The van der Waals surface area contributed by atoms with Crippen LogP contribution in [-0.4, -0.2) is 37.4 Å². The molecule has 0 radical (unpaired) electrons. The molecule has 0 bridgehead atoms. The highest BCUT2D eigenvalue weighted by atomic mass is 16.3. The van der Waals surface area contributed by atoms with E-state index >= 15 is 0 Å². The Balaban J connectivity index is 3.53.